The lowest BCUT2D eigenvalue weighted by Gasteiger charge is -2.31. The average molecular weight is 335 g/mol. The van der Waals surface area contributed by atoms with E-state index in [-0.39, 0.29) is 24.0 Å². The summed E-state index contributed by atoms with van der Waals surface area (Å²) in [5, 5.41) is 9.33. The molecular formula is C13H22INO. The van der Waals surface area contributed by atoms with Crippen LogP contribution in [0.3, 0.4) is 0 Å². The number of benzene rings is 1. The van der Waals surface area contributed by atoms with Gasteiger partial charge in [0.15, 0.2) is 0 Å². The fourth-order valence-electron chi connectivity index (χ4n) is 1.47. The fraction of sp³-hybridized carbons (Fsp3) is 0.538. The van der Waals surface area contributed by atoms with Gasteiger partial charge in [0.1, 0.15) is 5.75 Å². The van der Waals surface area contributed by atoms with Crippen molar-refractivity contribution in [2.75, 3.05) is 21.1 Å². The smallest absolute Gasteiger partial charge is 0.115 e. The van der Waals surface area contributed by atoms with Gasteiger partial charge in [-0.25, -0.2) is 0 Å². The number of halogens is 1. The summed E-state index contributed by atoms with van der Waals surface area (Å²) >= 11 is 0. The first-order valence-electron chi connectivity index (χ1n) is 5.48. The average Bonchev–Trinajstić information content (AvgIpc) is 2.12. The Morgan fingerprint density at radius 2 is 1.88 bits per heavy atom. The summed E-state index contributed by atoms with van der Waals surface area (Å²) < 4.78 is 0.985. The maximum Gasteiger partial charge on any atom is 0.115 e. The summed E-state index contributed by atoms with van der Waals surface area (Å²) in [5.74, 6) is 0.366. The molecule has 0 radical (unpaired) electrons. The van der Waals surface area contributed by atoms with Crippen LogP contribution in [0.1, 0.15) is 18.9 Å². The third-order valence-corrected chi connectivity index (χ3v) is 3.08. The van der Waals surface area contributed by atoms with Gasteiger partial charge in [0.25, 0.3) is 0 Å². The molecule has 1 aromatic rings. The normalized spacial score (nSPS) is 13.0. The van der Waals surface area contributed by atoms with Crippen LogP contribution < -0.4 is 24.0 Å². The molecule has 1 atom stereocenters. The second-order valence-electron chi connectivity index (χ2n) is 5.17. The second-order valence-corrected chi connectivity index (χ2v) is 5.17. The molecule has 0 heterocycles. The molecule has 16 heavy (non-hydrogen) atoms. The topological polar surface area (TPSA) is 20.2 Å². The zero-order valence-corrected chi connectivity index (χ0v) is 12.7. The number of nitrogens with zero attached hydrogens (tertiary/aromatic N) is 1. The Bertz CT molecular complexity index is 320. The van der Waals surface area contributed by atoms with E-state index in [2.05, 4.69) is 34.1 Å². The van der Waals surface area contributed by atoms with Crippen molar-refractivity contribution in [3.63, 3.8) is 0 Å². The van der Waals surface area contributed by atoms with Crippen LogP contribution in [0.15, 0.2) is 24.3 Å². The van der Waals surface area contributed by atoms with Crippen LogP contribution >= 0.6 is 0 Å². The van der Waals surface area contributed by atoms with Gasteiger partial charge in [-0.2, -0.15) is 0 Å². The molecule has 0 spiro atoms. The van der Waals surface area contributed by atoms with Crippen molar-refractivity contribution in [1.82, 2.24) is 0 Å². The standard InChI is InChI=1S/C13H21NO.HI/c1-11(14(2,3)4)8-9-12-6-5-7-13(15)10-12;/h5-7,10-11H,8-9H2,1-4H3;1H. The van der Waals surface area contributed by atoms with Crippen molar-refractivity contribution in [3.05, 3.63) is 29.8 Å². The molecule has 0 saturated heterocycles. The van der Waals surface area contributed by atoms with Crippen LogP contribution in [0.25, 0.3) is 0 Å². The van der Waals surface area contributed by atoms with E-state index in [0.29, 0.717) is 11.8 Å². The number of hydrogen-bond donors (Lipinski definition) is 1. The van der Waals surface area contributed by atoms with Gasteiger partial charge >= 0.3 is 0 Å². The predicted octanol–water partition coefficient (Wildman–Crippen LogP) is -0.576. The van der Waals surface area contributed by atoms with Crippen LogP contribution in [0.4, 0.5) is 0 Å². The van der Waals surface area contributed by atoms with Crippen LogP contribution in [0.5, 0.6) is 5.75 Å². The van der Waals surface area contributed by atoms with Crippen molar-refractivity contribution in [3.8, 4) is 5.75 Å². The predicted molar refractivity (Wildman–Crippen MR) is 63.9 cm³/mol. The van der Waals surface area contributed by atoms with E-state index in [1.165, 1.54) is 5.56 Å². The van der Waals surface area contributed by atoms with E-state index in [1.54, 1.807) is 6.07 Å². The molecule has 0 aliphatic rings. The van der Waals surface area contributed by atoms with Crippen LogP contribution in [0.2, 0.25) is 0 Å². The van der Waals surface area contributed by atoms with E-state index in [9.17, 15) is 5.11 Å². The minimum atomic E-state index is 0. The summed E-state index contributed by atoms with van der Waals surface area (Å²) in [5.41, 5.74) is 1.22. The highest BCUT2D eigenvalue weighted by Gasteiger charge is 2.17. The third-order valence-electron chi connectivity index (χ3n) is 3.08. The summed E-state index contributed by atoms with van der Waals surface area (Å²) in [4.78, 5) is 0. The van der Waals surface area contributed by atoms with Gasteiger partial charge in [-0.05, 0) is 31.0 Å². The monoisotopic (exact) mass is 335 g/mol. The lowest BCUT2D eigenvalue weighted by atomic mass is 10.0. The molecule has 1 rings (SSSR count). The Morgan fingerprint density at radius 3 is 2.38 bits per heavy atom. The minimum Gasteiger partial charge on any atom is -1.00 e. The van der Waals surface area contributed by atoms with Gasteiger partial charge in [0.05, 0.1) is 27.2 Å². The van der Waals surface area contributed by atoms with Gasteiger partial charge in [-0.3, -0.25) is 0 Å². The van der Waals surface area contributed by atoms with E-state index >= 15 is 0 Å². The van der Waals surface area contributed by atoms with Gasteiger partial charge in [-0.15, -0.1) is 0 Å². The zero-order valence-electron chi connectivity index (χ0n) is 10.6. The number of rotatable bonds is 4. The molecule has 0 fully saturated rings. The van der Waals surface area contributed by atoms with Crippen molar-refractivity contribution < 1.29 is 33.6 Å². The number of phenols is 1. The number of aromatic hydroxyl groups is 1. The summed E-state index contributed by atoms with van der Waals surface area (Å²) in [7, 11) is 6.65. The second kappa shape index (κ2) is 6.45. The van der Waals surface area contributed by atoms with Crippen molar-refractivity contribution in [2.24, 2.45) is 0 Å². The number of phenolic OH excluding ortho intramolecular Hbond substituents is 1. The van der Waals surface area contributed by atoms with Crippen molar-refractivity contribution in [1.29, 1.82) is 0 Å². The zero-order chi connectivity index (χ0) is 11.5. The number of hydrogen-bond acceptors (Lipinski definition) is 1. The van der Waals surface area contributed by atoms with Crippen LogP contribution in [-0.4, -0.2) is 36.8 Å². The highest BCUT2D eigenvalue weighted by Crippen LogP contribution is 2.15. The molecule has 0 aromatic heterocycles. The number of aryl methyl sites for hydroxylation is 1. The molecule has 0 saturated carbocycles. The van der Waals surface area contributed by atoms with Gasteiger partial charge in [0.2, 0.25) is 0 Å². The molecule has 0 aliphatic heterocycles. The molecule has 0 amide bonds. The van der Waals surface area contributed by atoms with Crippen LogP contribution in [-0.2, 0) is 6.42 Å². The number of quaternary nitrogens is 1. The Kier molecular flexibility index (Phi) is 6.33. The molecule has 2 nitrogen and oxygen atoms in total. The molecular weight excluding hydrogens is 313 g/mol. The lowest BCUT2D eigenvalue weighted by Crippen LogP contribution is -3.00. The Hall–Kier alpha value is -0.290. The Balaban J connectivity index is 0.00000225. The molecule has 1 unspecified atom stereocenters. The van der Waals surface area contributed by atoms with Crippen LogP contribution in [0, 0.1) is 0 Å². The first-order chi connectivity index (χ1) is 6.89. The van der Waals surface area contributed by atoms with E-state index in [0.717, 1.165) is 17.3 Å². The molecule has 0 bridgehead atoms. The maximum atomic E-state index is 9.33. The fourth-order valence-corrected chi connectivity index (χ4v) is 1.47. The summed E-state index contributed by atoms with van der Waals surface area (Å²) in [6, 6.07) is 8.17. The minimum absolute atomic E-state index is 0. The molecule has 92 valence electrons. The summed E-state index contributed by atoms with van der Waals surface area (Å²) in [6.45, 7) is 2.27. The van der Waals surface area contributed by atoms with Gasteiger partial charge in [0, 0.05) is 6.42 Å². The maximum absolute atomic E-state index is 9.33. The van der Waals surface area contributed by atoms with Gasteiger partial charge in [-0.1, -0.05) is 12.1 Å². The molecule has 0 aliphatic carbocycles. The van der Waals surface area contributed by atoms with E-state index in [4.69, 9.17) is 0 Å². The molecule has 3 heteroatoms. The SMILES string of the molecule is CC(CCc1cccc(O)c1)[N+](C)(C)C.[I-]. The van der Waals surface area contributed by atoms with Gasteiger partial charge < -0.3 is 33.6 Å². The van der Waals surface area contributed by atoms with Crippen molar-refractivity contribution >= 4 is 0 Å². The largest absolute Gasteiger partial charge is 1.00 e. The Morgan fingerprint density at radius 1 is 1.25 bits per heavy atom. The highest BCUT2D eigenvalue weighted by molar-refractivity contribution is 5.27. The quantitative estimate of drug-likeness (QED) is 0.577. The van der Waals surface area contributed by atoms with E-state index < -0.39 is 0 Å². The Labute approximate surface area is 116 Å². The summed E-state index contributed by atoms with van der Waals surface area (Å²) in [6.07, 6.45) is 2.18. The third kappa shape index (κ3) is 5.16. The lowest BCUT2D eigenvalue weighted by molar-refractivity contribution is -0.894. The van der Waals surface area contributed by atoms with E-state index in [1.807, 2.05) is 12.1 Å². The highest BCUT2D eigenvalue weighted by atomic mass is 127. The first kappa shape index (κ1) is 15.7. The van der Waals surface area contributed by atoms with Crippen molar-refractivity contribution in [2.45, 2.75) is 25.8 Å². The molecule has 1 aromatic carbocycles. The molecule has 1 N–H and O–H groups in total. The first-order valence-corrected chi connectivity index (χ1v) is 5.48.